The third kappa shape index (κ3) is 5.31. The molecule has 2 amide bonds. The molecule has 2 aromatic carbocycles. The first kappa shape index (κ1) is 22.5. The molecule has 0 heterocycles. The fourth-order valence-corrected chi connectivity index (χ4v) is 3.37. The number of hydrogen-bond acceptors (Lipinski definition) is 6. The summed E-state index contributed by atoms with van der Waals surface area (Å²) in [5, 5.41) is 35.3. The summed E-state index contributed by atoms with van der Waals surface area (Å²) in [5.74, 6) is -3.85. The Morgan fingerprint density at radius 3 is 2.28 bits per heavy atom. The van der Waals surface area contributed by atoms with Gasteiger partial charge in [-0.1, -0.05) is 24.3 Å². The average molecular weight is 437 g/mol. The van der Waals surface area contributed by atoms with Crippen molar-refractivity contribution in [1.29, 1.82) is 0 Å². The van der Waals surface area contributed by atoms with Crippen LogP contribution in [0.3, 0.4) is 0 Å². The maximum atomic E-state index is 12.5. The Bertz CT molecular complexity index is 1090. The summed E-state index contributed by atoms with van der Waals surface area (Å²) in [6.45, 7) is 1.67. The van der Waals surface area contributed by atoms with Gasteiger partial charge in [-0.2, -0.15) is 5.10 Å². The number of carbonyl (C=O) groups is 3. The molecule has 0 radical (unpaired) electrons. The van der Waals surface area contributed by atoms with Gasteiger partial charge in [0.2, 0.25) is 5.91 Å². The maximum Gasteiger partial charge on any atom is 0.307 e. The van der Waals surface area contributed by atoms with Crippen molar-refractivity contribution >= 4 is 29.2 Å². The number of phenols is 2. The van der Waals surface area contributed by atoms with Crippen molar-refractivity contribution < 1.29 is 29.7 Å². The summed E-state index contributed by atoms with van der Waals surface area (Å²) in [6, 6.07) is 10.3. The Morgan fingerprint density at radius 1 is 0.969 bits per heavy atom. The summed E-state index contributed by atoms with van der Waals surface area (Å²) in [6.07, 6.45) is 4.30. The zero-order valence-corrected chi connectivity index (χ0v) is 17.3. The SMILES string of the molecule is CC(=NNC(=O)c1cc(O)ccc1O)c1ccc(NC(=O)C2CC=CCC2C(=O)O)cc1. The first-order valence-corrected chi connectivity index (χ1v) is 9.92. The molecule has 0 saturated heterocycles. The normalized spacial score (nSPS) is 18.1. The second kappa shape index (κ2) is 9.78. The van der Waals surface area contributed by atoms with Crippen LogP contribution in [-0.2, 0) is 9.59 Å². The molecule has 1 aliphatic rings. The Kier molecular flexibility index (Phi) is 6.89. The van der Waals surface area contributed by atoms with Crippen LogP contribution in [0.4, 0.5) is 5.69 Å². The summed E-state index contributed by atoms with van der Waals surface area (Å²) in [7, 11) is 0. The minimum Gasteiger partial charge on any atom is -0.508 e. The van der Waals surface area contributed by atoms with E-state index in [2.05, 4.69) is 15.8 Å². The van der Waals surface area contributed by atoms with Crippen LogP contribution in [-0.4, -0.2) is 38.8 Å². The molecule has 166 valence electrons. The molecule has 3 rings (SSSR count). The van der Waals surface area contributed by atoms with Crippen molar-refractivity contribution in [3.8, 4) is 11.5 Å². The van der Waals surface area contributed by atoms with Crippen LogP contribution >= 0.6 is 0 Å². The quantitative estimate of drug-likeness (QED) is 0.203. The number of carboxylic acid groups (broad SMARTS) is 1. The largest absolute Gasteiger partial charge is 0.508 e. The highest BCUT2D eigenvalue weighted by atomic mass is 16.4. The number of benzene rings is 2. The first-order valence-electron chi connectivity index (χ1n) is 9.92. The van der Waals surface area contributed by atoms with Crippen LogP contribution in [0, 0.1) is 11.8 Å². The first-order chi connectivity index (χ1) is 15.3. The van der Waals surface area contributed by atoms with E-state index in [0.29, 0.717) is 29.8 Å². The van der Waals surface area contributed by atoms with Crippen LogP contribution in [0.5, 0.6) is 11.5 Å². The van der Waals surface area contributed by atoms with Crippen molar-refractivity contribution in [2.24, 2.45) is 16.9 Å². The molecule has 0 saturated carbocycles. The topological polar surface area (TPSA) is 148 Å². The van der Waals surface area contributed by atoms with E-state index < -0.39 is 23.7 Å². The highest BCUT2D eigenvalue weighted by Gasteiger charge is 2.33. The van der Waals surface area contributed by atoms with Gasteiger partial charge in [-0.25, -0.2) is 5.43 Å². The van der Waals surface area contributed by atoms with Crippen LogP contribution < -0.4 is 10.7 Å². The predicted molar refractivity (Wildman–Crippen MR) is 118 cm³/mol. The Balaban J connectivity index is 1.64. The van der Waals surface area contributed by atoms with E-state index in [4.69, 9.17) is 0 Å². The number of hydrazone groups is 1. The second-order valence-electron chi connectivity index (χ2n) is 7.40. The van der Waals surface area contributed by atoms with Gasteiger partial charge in [-0.05, 0) is 55.7 Å². The third-order valence-corrected chi connectivity index (χ3v) is 5.21. The number of anilines is 1. The van der Waals surface area contributed by atoms with E-state index in [1.807, 2.05) is 6.08 Å². The average Bonchev–Trinajstić information content (AvgIpc) is 2.79. The molecule has 2 atom stereocenters. The van der Waals surface area contributed by atoms with Crippen molar-refractivity contribution in [2.45, 2.75) is 19.8 Å². The summed E-state index contributed by atoms with van der Waals surface area (Å²) >= 11 is 0. The van der Waals surface area contributed by atoms with Crippen molar-refractivity contribution in [3.63, 3.8) is 0 Å². The van der Waals surface area contributed by atoms with Gasteiger partial charge in [-0.3, -0.25) is 14.4 Å². The fourth-order valence-electron chi connectivity index (χ4n) is 3.37. The van der Waals surface area contributed by atoms with E-state index in [1.165, 1.54) is 12.1 Å². The number of amides is 2. The monoisotopic (exact) mass is 437 g/mol. The van der Waals surface area contributed by atoms with Gasteiger partial charge in [0.1, 0.15) is 11.5 Å². The molecule has 0 aliphatic heterocycles. The van der Waals surface area contributed by atoms with E-state index >= 15 is 0 Å². The van der Waals surface area contributed by atoms with Gasteiger partial charge in [0.25, 0.3) is 5.91 Å². The molecule has 2 aromatic rings. The fraction of sp³-hybridized carbons (Fsp3) is 0.217. The Morgan fingerprint density at radius 2 is 1.62 bits per heavy atom. The van der Waals surface area contributed by atoms with Crippen molar-refractivity contribution in [2.75, 3.05) is 5.32 Å². The number of nitrogens with zero attached hydrogens (tertiary/aromatic N) is 1. The van der Waals surface area contributed by atoms with E-state index in [9.17, 15) is 29.7 Å². The molecular formula is C23H23N3O6. The number of rotatable bonds is 6. The molecule has 9 heteroatoms. The maximum absolute atomic E-state index is 12.5. The number of nitrogens with one attached hydrogen (secondary N) is 2. The van der Waals surface area contributed by atoms with Crippen molar-refractivity contribution in [3.05, 3.63) is 65.7 Å². The zero-order chi connectivity index (χ0) is 23.3. The number of carbonyl (C=O) groups excluding carboxylic acids is 2. The molecule has 0 fully saturated rings. The smallest absolute Gasteiger partial charge is 0.307 e. The highest BCUT2D eigenvalue weighted by molar-refractivity contribution is 6.02. The number of aromatic hydroxyl groups is 2. The molecule has 32 heavy (non-hydrogen) atoms. The van der Waals surface area contributed by atoms with Gasteiger partial charge in [-0.15, -0.1) is 0 Å². The Hall–Kier alpha value is -4.14. The third-order valence-electron chi connectivity index (χ3n) is 5.21. The zero-order valence-electron chi connectivity index (χ0n) is 17.3. The van der Waals surface area contributed by atoms with Gasteiger partial charge in [0.05, 0.1) is 23.1 Å². The lowest BCUT2D eigenvalue weighted by molar-refractivity contribution is -0.146. The van der Waals surface area contributed by atoms with E-state index in [0.717, 1.165) is 6.07 Å². The van der Waals surface area contributed by atoms with Crippen molar-refractivity contribution in [1.82, 2.24) is 5.43 Å². The minimum atomic E-state index is -0.988. The van der Waals surface area contributed by atoms with Crippen LogP contribution in [0.25, 0.3) is 0 Å². The van der Waals surface area contributed by atoms with Gasteiger partial charge >= 0.3 is 5.97 Å². The van der Waals surface area contributed by atoms with Crippen LogP contribution in [0.2, 0.25) is 0 Å². The minimum absolute atomic E-state index is 0.114. The molecule has 9 nitrogen and oxygen atoms in total. The highest BCUT2D eigenvalue weighted by Crippen LogP contribution is 2.27. The Labute approximate surface area is 184 Å². The summed E-state index contributed by atoms with van der Waals surface area (Å²) < 4.78 is 0. The van der Waals surface area contributed by atoms with Crippen LogP contribution in [0.1, 0.15) is 35.7 Å². The molecule has 1 aliphatic carbocycles. The van der Waals surface area contributed by atoms with E-state index in [1.54, 1.807) is 37.3 Å². The molecular weight excluding hydrogens is 414 g/mol. The second-order valence-corrected chi connectivity index (χ2v) is 7.40. The van der Waals surface area contributed by atoms with Gasteiger partial charge in [0, 0.05) is 5.69 Å². The standard InChI is InChI=1S/C23H23N3O6/c1-13(25-26-22(30)19-12-16(27)10-11-20(19)28)14-6-8-15(9-7-14)24-21(29)17-4-2-3-5-18(17)23(31)32/h2-3,6-12,17-18,27-28H,4-5H2,1H3,(H,24,29)(H,26,30)(H,31,32). The number of phenolic OH excluding ortho intramolecular Hbond substituents is 2. The number of carboxylic acids is 1. The number of hydrogen-bond donors (Lipinski definition) is 5. The number of aliphatic carboxylic acids is 1. The number of allylic oxidation sites excluding steroid dienone is 2. The predicted octanol–water partition coefficient (Wildman–Crippen LogP) is 2.86. The summed E-state index contributed by atoms with van der Waals surface area (Å²) in [5.41, 5.74) is 3.86. The van der Waals surface area contributed by atoms with E-state index in [-0.39, 0.29) is 23.0 Å². The summed E-state index contributed by atoms with van der Waals surface area (Å²) in [4.78, 5) is 36.1. The lowest BCUT2D eigenvalue weighted by Crippen LogP contribution is -2.34. The molecule has 0 bridgehead atoms. The van der Waals surface area contributed by atoms with Crippen LogP contribution in [0.15, 0.2) is 59.7 Å². The van der Waals surface area contributed by atoms with Gasteiger partial charge < -0.3 is 20.6 Å². The molecule has 5 N–H and O–H groups in total. The molecule has 2 unspecified atom stereocenters. The molecule has 0 spiro atoms. The lowest BCUT2D eigenvalue weighted by atomic mass is 9.82. The van der Waals surface area contributed by atoms with Gasteiger partial charge in [0.15, 0.2) is 0 Å². The molecule has 0 aromatic heterocycles. The lowest BCUT2D eigenvalue weighted by Gasteiger charge is -2.24.